The van der Waals surface area contributed by atoms with Gasteiger partial charge in [-0.05, 0) is 31.4 Å². The molecule has 14 nitrogen and oxygen atoms in total. The first kappa shape index (κ1) is 24.5. The number of nitrogens with two attached hydrogens (primary N) is 1. The molecule has 2 amide bonds. The van der Waals surface area contributed by atoms with Crippen LogP contribution in [0.25, 0.3) is 0 Å². The second-order valence-electron chi connectivity index (χ2n) is 7.21. The van der Waals surface area contributed by atoms with Crippen LogP contribution in [-0.2, 0) is 9.59 Å². The van der Waals surface area contributed by atoms with Gasteiger partial charge in [-0.15, -0.1) is 0 Å². The van der Waals surface area contributed by atoms with E-state index in [2.05, 4.69) is 26.4 Å². The second kappa shape index (κ2) is 12.1. The molecular formula is C18H26N8O6. The van der Waals surface area contributed by atoms with E-state index in [1.807, 2.05) is 0 Å². The third-order valence-electron chi connectivity index (χ3n) is 4.73. The summed E-state index contributed by atoms with van der Waals surface area (Å²) in [7, 11) is 0. The quantitative estimate of drug-likeness (QED) is 0.101. The standard InChI is InChI=1S/C18H26N8O6/c19-18(24-26(31)32)20-9-3-1-2-4-16(27)22-13-10-15(21-11-13)17(28)23-12-5-7-14(8-6-12)25(29)30/h5-8,13,15,21H,1-4,9-11H2,(H,22,27)(H,23,28)(H3,19,20,24). The fourth-order valence-electron chi connectivity index (χ4n) is 3.17. The zero-order chi connectivity index (χ0) is 23.5. The summed E-state index contributed by atoms with van der Waals surface area (Å²) < 4.78 is 0. The number of hydrazone groups is 1. The molecule has 174 valence electrons. The molecule has 1 aromatic carbocycles. The van der Waals surface area contributed by atoms with Crippen LogP contribution in [0.15, 0.2) is 29.4 Å². The van der Waals surface area contributed by atoms with Crippen molar-refractivity contribution in [2.45, 2.75) is 44.2 Å². The monoisotopic (exact) mass is 450 g/mol. The molecule has 0 aliphatic carbocycles. The first-order valence-electron chi connectivity index (χ1n) is 10.0. The third-order valence-corrected chi connectivity index (χ3v) is 4.73. The molecule has 32 heavy (non-hydrogen) atoms. The maximum atomic E-state index is 12.4. The van der Waals surface area contributed by atoms with Gasteiger partial charge in [0.15, 0.2) is 5.03 Å². The topological polar surface area (TPSA) is 207 Å². The number of amides is 2. The van der Waals surface area contributed by atoms with Crippen LogP contribution in [0.5, 0.6) is 0 Å². The number of guanidine groups is 1. The Morgan fingerprint density at radius 2 is 1.88 bits per heavy atom. The Morgan fingerprint density at radius 3 is 2.53 bits per heavy atom. The molecule has 0 aromatic heterocycles. The molecule has 2 rings (SSSR count). The number of carbonyl (C=O) groups is 2. The van der Waals surface area contributed by atoms with Gasteiger partial charge >= 0.3 is 0 Å². The van der Waals surface area contributed by atoms with Gasteiger partial charge in [-0.3, -0.25) is 19.7 Å². The van der Waals surface area contributed by atoms with E-state index >= 15 is 0 Å². The van der Waals surface area contributed by atoms with Gasteiger partial charge in [0.25, 0.3) is 11.6 Å². The number of anilines is 1. The lowest BCUT2D eigenvalue weighted by Gasteiger charge is -2.13. The maximum absolute atomic E-state index is 12.4. The van der Waals surface area contributed by atoms with Gasteiger partial charge in [0, 0.05) is 43.4 Å². The minimum Gasteiger partial charge on any atom is -0.365 e. The summed E-state index contributed by atoms with van der Waals surface area (Å²) in [4.78, 5) is 44.8. The molecule has 6 N–H and O–H groups in total. The summed E-state index contributed by atoms with van der Waals surface area (Å²) in [6.45, 7) is 0.881. The van der Waals surface area contributed by atoms with Crippen molar-refractivity contribution in [1.29, 1.82) is 0 Å². The van der Waals surface area contributed by atoms with Crippen LogP contribution in [-0.4, -0.2) is 52.9 Å². The minimum absolute atomic E-state index is 0.0613. The van der Waals surface area contributed by atoms with Crippen molar-refractivity contribution in [3.8, 4) is 0 Å². The van der Waals surface area contributed by atoms with E-state index in [4.69, 9.17) is 5.73 Å². The Labute approximate surface area is 183 Å². The largest absolute Gasteiger partial charge is 0.365 e. The lowest BCUT2D eigenvalue weighted by Crippen LogP contribution is -2.36. The molecular weight excluding hydrogens is 424 g/mol. The van der Waals surface area contributed by atoms with Crippen molar-refractivity contribution in [3.63, 3.8) is 0 Å². The maximum Gasteiger partial charge on any atom is 0.269 e. The Bertz CT molecular complexity index is 860. The SMILES string of the molecule is N/C(=N\[N+](=O)[O-])NCCCCCC(=O)NC1CNC(C(=O)Nc2ccc([N+](=O)[O-])cc2)C1. The van der Waals surface area contributed by atoms with Crippen LogP contribution in [0.3, 0.4) is 0 Å². The summed E-state index contributed by atoms with van der Waals surface area (Å²) in [5.74, 6) is -0.646. The Hall–Kier alpha value is -3.81. The summed E-state index contributed by atoms with van der Waals surface area (Å²) in [6, 6.07) is 4.90. The lowest BCUT2D eigenvalue weighted by molar-refractivity contribution is -0.485. The van der Waals surface area contributed by atoms with Gasteiger partial charge in [0.05, 0.1) is 11.0 Å². The van der Waals surface area contributed by atoms with Crippen molar-refractivity contribution >= 4 is 29.1 Å². The van der Waals surface area contributed by atoms with Crippen molar-refractivity contribution in [3.05, 3.63) is 44.5 Å². The summed E-state index contributed by atoms with van der Waals surface area (Å²) >= 11 is 0. The van der Waals surface area contributed by atoms with Gasteiger partial charge in [-0.1, -0.05) is 6.42 Å². The normalized spacial score (nSPS) is 18.1. The summed E-state index contributed by atoms with van der Waals surface area (Å²) in [6.07, 6.45) is 2.81. The highest BCUT2D eigenvalue weighted by molar-refractivity contribution is 5.95. The zero-order valence-corrected chi connectivity index (χ0v) is 17.3. The minimum atomic E-state index is -0.881. The number of carbonyl (C=O) groups excluding carboxylic acids is 2. The molecule has 1 aliphatic heterocycles. The molecule has 0 bridgehead atoms. The number of hydrogen-bond acceptors (Lipinski definition) is 7. The van der Waals surface area contributed by atoms with Gasteiger partial charge in [0.1, 0.15) is 5.10 Å². The van der Waals surface area contributed by atoms with Crippen molar-refractivity contribution < 1.29 is 19.5 Å². The van der Waals surface area contributed by atoms with E-state index in [1.165, 1.54) is 24.3 Å². The molecule has 2 unspecified atom stereocenters. The van der Waals surface area contributed by atoms with Crippen LogP contribution in [0.4, 0.5) is 11.4 Å². The highest BCUT2D eigenvalue weighted by Crippen LogP contribution is 2.17. The molecule has 1 aromatic rings. The fraction of sp³-hybridized carbons (Fsp3) is 0.500. The Kier molecular flexibility index (Phi) is 9.28. The van der Waals surface area contributed by atoms with Crippen LogP contribution in [0.2, 0.25) is 0 Å². The first-order chi connectivity index (χ1) is 15.2. The van der Waals surface area contributed by atoms with Gasteiger partial charge in [-0.2, -0.15) is 0 Å². The van der Waals surface area contributed by atoms with E-state index in [9.17, 15) is 29.8 Å². The lowest BCUT2D eigenvalue weighted by atomic mass is 10.1. The zero-order valence-electron chi connectivity index (χ0n) is 17.3. The van der Waals surface area contributed by atoms with E-state index in [0.717, 1.165) is 6.42 Å². The number of hydrogen-bond donors (Lipinski definition) is 5. The number of nitro groups is 2. The van der Waals surface area contributed by atoms with Gasteiger partial charge < -0.3 is 27.0 Å². The van der Waals surface area contributed by atoms with E-state index in [1.54, 1.807) is 0 Å². The highest BCUT2D eigenvalue weighted by atomic mass is 16.7. The van der Waals surface area contributed by atoms with E-state index in [-0.39, 0.29) is 29.5 Å². The van der Waals surface area contributed by atoms with Crippen LogP contribution >= 0.6 is 0 Å². The number of nitrogens with one attached hydrogen (secondary N) is 4. The number of nitro benzene ring substituents is 1. The smallest absolute Gasteiger partial charge is 0.269 e. The van der Waals surface area contributed by atoms with Crippen LogP contribution < -0.4 is 27.0 Å². The molecule has 1 heterocycles. The first-order valence-corrected chi connectivity index (χ1v) is 10.0. The van der Waals surface area contributed by atoms with Gasteiger partial charge in [-0.25, -0.2) is 10.1 Å². The predicted molar refractivity (Wildman–Crippen MR) is 115 cm³/mol. The van der Waals surface area contributed by atoms with Gasteiger partial charge in [0.2, 0.25) is 11.8 Å². The molecule has 1 aliphatic rings. The molecule has 14 heteroatoms. The van der Waals surface area contributed by atoms with E-state index < -0.39 is 16.0 Å². The molecule has 0 spiro atoms. The van der Waals surface area contributed by atoms with Crippen LogP contribution in [0, 0.1) is 20.2 Å². The van der Waals surface area contributed by atoms with Crippen molar-refractivity contribution in [2.24, 2.45) is 10.8 Å². The second-order valence-corrected chi connectivity index (χ2v) is 7.21. The Balaban J connectivity index is 1.61. The molecule has 2 atom stereocenters. The number of non-ortho nitro benzene ring substituents is 1. The average Bonchev–Trinajstić information content (AvgIpc) is 3.19. The number of rotatable bonds is 11. The molecule has 1 saturated heterocycles. The average molecular weight is 450 g/mol. The summed E-state index contributed by atoms with van der Waals surface area (Å²) in [5, 5.41) is 34.1. The molecule has 1 fully saturated rings. The number of nitrogens with zero attached hydrogens (tertiary/aromatic N) is 3. The van der Waals surface area contributed by atoms with Crippen molar-refractivity contribution in [2.75, 3.05) is 18.4 Å². The van der Waals surface area contributed by atoms with Crippen molar-refractivity contribution in [1.82, 2.24) is 16.0 Å². The van der Waals surface area contributed by atoms with Crippen LogP contribution in [0.1, 0.15) is 32.1 Å². The number of benzene rings is 1. The molecule has 0 radical (unpaired) electrons. The molecule has 0 saturated carbocycles. The number of unbranched alkanes of at least 4 members (excludes halogenated alkanes) is 2. The highest BCUT2D eigenvalue weighted by Gasteiger charge is 2.30. The Morgan fingerprint density at radius 1 is 1.16 bits per heavy atom. The van der Waals surface area contributed by atoms with E-state index in [0.29, 0.717) is 44.5 Å². The third kappa shape index (κ3) is 8.51. The summed E-state index contributed by atoms with van der Waals surface area (Å²) in [5.41, 5.74) is 5.69. The fourth-order valence-corrected chi connectivity index (χ4v) is 3.17. The predicted octanol–water partition coefficient (Wildman–Crippen LogP) is 0.0364.